The Hall–Kier alpha value is -3.58. The zero-order valence-electron chi connectivity index (χ0n) is 20.6. The minimum atomic E-state index is -1.37. The van der Waals surface area contributed by atoms with E-state index in [-0.39, 0.29) is 24.5 Å². The zero-order valence-corrected chi connectivity index (χ0v) is 21.5. The highest BCUT2D eigenvalue weighted by molar-refractivity contribution is 7.80. The highest BCUT2D eigenvalue weighted by atomic mass is 32.1. The number of rotatable bonds is 14. The summed E-state index contributed by atoms with van der Waals surface area (Å²) in [7, 11) is 0. The lowest BCUT2D eigenvalue weighted by Gasteiger charge is -2.25. The van der Waals surface area contributed by atoms with Gasteiger partial charge in [-0.15, -0.1) is 0 Å². The zero-order chi connectivity index (χ0) is 27.7. The molecule has 0 radical (unpaired) electrons. The van der Waals surface area contributed by atoms with E-state index in [1.807, 2.05) is 18.2 Å². The molecule has 0 fully saturated rings. The number of hydrogen-bond acceptors (Lipinski definition) is 7. The van der Waals surface area contributed by atoms with Crippen molar-refractivity contribution in [2.45, 2.75) is 57.3 Å². The van der Waals surface area contributed by atoms with E-state index in [1.54, 1.807) is 26.1 Å². The first-order chi connectivity index (χ1) is 17.4. The third-order valence-electron chi connectivity index (χ3n) is 5.83. The van der Waals surface area contributed by atoms with Crippen LogP contribution >= 0.6 is 12.6 Å². The second-order valence-corrected chi connectivity index (χ2v) is 9.34. The van der Waals surface area contributed by atoms with E-state index in [9.17, 15) is 29.1 Å². The molecule has 0 saturated heterocycles. The molecule has 0 aliphatic heterocycles. The Morgan fingerprint density at radius 2 is 1.54 bits per heavy atom. The van der Waals surface area contributed by atoms with Crippen molar-refractivity contribution in [2.75, 3.05) is 5.75 Å². The van der Waals surface area contributed by atoms with Gasteiger partial charge in [-0.05, 0) is 24.0 Å². The molecule has 12 nitrogen and oxygen atoms in total. The highest BCUT2D eigenvalue weighted by Crippen LogP contribution is 2.19. The predicted octanol–water partition coefficient (Wildman–Crippen LogP) is 0.0273. The Bertz CT molecular complexity index is 1140. The number of para-hydroxylation sites is 1. The first-order valence-corrected chi connectivity index (χ1v) is 12.3. The summed E-state index contributed by atoms with van der Waals surface area (Å²) in [6.45, 7) is 3.48. The van der Waals surface area contributed by atoms with Crippen LogP contribution < -0.4 is 21.7 Å². The fourth-order valence-electron chi connectivity index (χ4n) is 3.57. The van der Waals surface area contributed by atoms with Crippen LogP contribution in [0.1, 0.15) is 32.3 Å². The standard InChI is InChI=1S/C24H33N5O7S/c1-12(2)20(25)23(34)29-18(11-37)22(33)27-16(7-8-19(30)31)21(32)28-17(24(35)36)9-13-10-26-15-6-4-3-5-14(13)15/h3-6,10,12,16-18,20,26,37H,7-9,11,25H2,1-2H3,(H,27,33)(H,28,32)(H,29,34)(H,30,31)(H,35,36). The van der Waals surface area contributed by atoms with Gasteiger partial charge in [0.05, 0.1) is 6.04 Å². The maximum Gasteiger partial charge on any atom is 0.326 e. The maximum atomic E-state index is 13.0. The molecule has 0 saturated carbocycles. The largest absolute Gasteiger partial charge is 0.481 e. The Labute approximate surface area is 219 Å². The topological polar surface area (TPSA) is 204 Å². The van der Waals surface area contributed by atoms with E-state index in [0.717, 1.165) is 10.9 Å². The number of fused-ring (bicyclic) bond motifs is 1. The summed E-state index contributed by atoms with van der Waals surface area (Å²) < 4.78 is 0. The van der Waals surface area contributed by atoms with E-state index in [4.69, 9.17) is 10.8 Å². The SMILES string of the molecule is CC(C)C(N)C(=O)NC(CS)C(=O)NC(CCC(=O)O)C(=O)NC(Cc1c[nH]c2ccccc12)C(=O)O. The van der Waals surface area contributed by atoms with E-state index >= 15 is 0 Å². The molecule has 8 N–H and O–H groups in total. The van der Waals surface area contributed by atoms with E-state index < -0.39 is 60.2 Å². The van der Waals surface area contributed by atoms with Crippen molar-refractivity contribution in [3.63, 3.8) is 0 Å². The molecule has 1 aromatic heterocycles. The monoisotopic (exact) mass is 535 g/mol. The van der Waals surface area contributed by atoms with Crippen LogP contribution in [0.15, 0.2) is 30.5 Å². The van der Waals surface area contributed by atoms with Crippen LogP contribution in [0.2, 0.25) is 0 Å². The van der Waals surface area contributed by atoms with Crippen LogP contribution in [-0.2, 0) is 30.4 Å². The fraction of sp³-hybridized carbons (Fsp3) is 0.458. The molecule has 0 spiro atoms. The molecule has 13 heteroatoms. The lowest BCUT2D eigenvalue weighted by Crippen LogP contribution is -2.58. The normalized spacial score (nSPS) is 14.4. The third-order valence-corrected chi connectivity index (χ3v) is 6.20. The molecule has 3 amide bonds. The smallest absolute Gasteiger partial charge is 0.326 e. The van der Waals surface area contributed by atoms with Crippen LogP contribution in [-0.4, -0.2) is 74.8 Å². The average Bonchev–Trinajstić information content (AvgIpc) is 3.26. The predicted molar refractivity (Wildman–Crippen MR) is 139 cm³/mol. The summed E-state index contributed by atoms with van der Waals surface area (Å²) in [6, 6.07) is 2.53. The lowest BCUT2D eigenvalue weighted by atomic mass is 10.0. The lowest BCUT2D eigenvalue weighted by molar-refractivity contribution is -0.143. The first-order valence-electron chi connectivity index (χ1n) is 11.7. The molecular formula is C24H33N5O7S. The van der Waals surface area contributed by atoms with Crippen molar-refractivity contribution in [3.05, 3.63) is 36.0 Å². The van der Waals surface area contributed by atoms with Gasteiger partial charge in [0.15, 0.2) is 0 Å². The molecule has 4 unspecified atom stereocenters. The average molecular weight is 536 g/mol. The van der Waals surface area contributed by atoms with Crippen LogP contribution in [0.4, 0.5) is 0 Å². The molecule has 2 aromatic rings. The number of nitrogens with one attached hydrogen (secondary N) is 4. The van der Waals surface area contributed by atoms with Crippen molar-refractivity contribution >= 4 is 53.2 Å². The van der Waals surface area contributed by atoms with Gasteiger partial charge in [-0.2, -0.15) is 12.6 Å². The number of carbonyl (C=O) groups excluding carboxylic acids is 3. The second-order valence-electron chi connectivity index (χ2n) is 8.97. The number of carbonyl (C=O) groups is 5. The van der Waals surface area contributed by atoms with Gasteiger partial charge in [-0.1, -0.05) is 32.0 Å². The molecule has 1 aromatic carbocycles. The number of H-pyrrole nitrogens is 1. The van der Waals surface area contributed by atoms with Gasteiger partial charge in [-0.25, -0.2) is 4.79 Å². The van der Waals surface area contributed by atoms with Gasteiger partial charge in [-0.3, -0.25) is 19.2 Å². The fourth-order valence-corrected chi connectivity index (χ4v) is 3.82. The second kappa shape index (κ2) is 13.7. The molecule has 4 atom stereocenters. The van der Waals surface area contributed by atoms with Gasteiger partial charge in [0.2, 0.25) is 17.7 Å². The van der Waals surface area contributed by atoms with Crippen LogP contribution in [0.25, 0.3) is 10.9 Å². The van der Waals surface area contributed by atoms with Crippen molar-refractivity contribution in [1.29, 1.82) is 0 Å². The Balaban J connectivity index is 2.16. The number of aliphatic carboxylic acids is 2. The highest BCUT2D eigenvalue weighted by Gasteiger charge is 2.31. The Morgan fingerprint density at radius 1 is 0.946 bits per heavy atom. The van der Waals surface area contributed by atoms with Gasteiger partial charge >= 0.3 is 11.9 Å². The molecule has 202 valence electrons. The van der Waals surface area contributed by atoms with Crippen molar-refractivity contribution in [2.24, 2.45) is 11.7 Å². The van der Waals surface area contributed by atoms with E-state index in [0.29, 0.717) is 5.56 Å². The van der Waals surface area contributed by atoms with Crippen LogP contribution in [0.3, 0.4) is 0 Å². The van der Waals surface area contributed by atoms with Crippen LogP contribution in [0, 0.1) is 5.92 Å². The number of benzene rings is 1. The number of carboxylic acid groups (broad SMARTS) is 2. The number of carboxylic acids is 2. The maximum absolute atomic E-state index is 13.0. The summed E-state index contributed by atoms with van der Waals surface area (Å²) in [5, 5.41) is 26.9. The molecule has 0 aliphatic rings. The first kappa shape index (κ1) is 29.6. The summed E-state index contributed by atoms with van der Waals surface area (Å²) in [4.78, 5) is 64.2. The summed E-state index contributed by atoms with van der Waals surface area (Å²) >= 11 is 4.08. The van der Waals surface area contributed by atoms with Gasteiger partial charge in [0, 0.05) is 35.7 Å². The minimum Gasteiger partial charge on any atom is -0.481 e. The van der Waals surface area contributed by atoms with Gasteiger partial charge in [0.1, 0.15) is 18.1 Å². The van der Waals surface area contributed by atoms with E-state index in [1.165, 1.54) is 0 Å². The third kappa shape index (κ3) is 8.50. The van der Waals surface area contributed by atoms with Gasteiger partial charge < -0.3 is 36.9 Å². The number of thiol groups is 1. The van der Waals surface area contributed by atoms with Crippen molar-refractivity contribution in [3.8, 4) is 0 Å². The molecule has 0 bridgehead atoms. The summed E-state index contributed by atoms with van der Waals surface area (Å²) in [5.74, 6) is -5.05. The Kier molecular flexibility index (Phi) is 10.9. The molecular weight excluding hydrogens is 502 g/mol. The number of aromatic amines is 1. The number of nitrogens with two attached hydrogens (primary N) is 1. The van der Waals surface area contributed by atoms with Crippen molar-refractivity contribution < 1.29 is 34.2 Å². The minimum absolute atomic E-state index is 0.0485. The molecule has 1 heterocycles. The summed E-state index contributed by atoms with van der Waals surface area (Å²) in [5.41, 5.74) is 7.27. The van der Waals surface area contributed by atoms with Crippen molar-refractivity contribution in [1.82, 2.24) is 20.9 Å². The van der Waals surface area contributed by atoms with Gasteiger partial charge in [0.25, 0.3) is 0 Å². The Morgan fingerprint density at radius 3 is 2.14 bits per heavy atom. The number of hydrogen-bond donors (Lipinski definition) is 8. The van der Waals surface area contributed by atoms with Crippen LogP contribution in [0.5, 0.6) is 0 Å². The number of amides is 3. The molecule has 0 aliphatic carbocycles. The molecule has 37 heavy (non-hydrogen) atoms. The quantitative estimate of drug-likeness (QED) is 0.155. The number of aromatic nitrogens is 1. The molecule has 2 rings (SSSR count). The van der Waals surface area contributed by atoms with E-state index in [2.05, 4.69) is 33.6 Å². The summed E-state index contributed by atoms with van der Waals surface area (Å²) in [6.07, 6.45) is 0.838.